The summed E-state index contributed by atoms with van der Waals surface area (Å²) >= 11 is 0. The fraction of sp³-hybridized carbons (Fsp3) is 0.222. The minimum Gasteiger partial charge on any atom is -0.617 e. The van der Waals surface area contributed by atoms with Gasteiger partial charge in [0.2, 0.25) is 0 Å². The van der Waals surface area contributed by atoms with E-state index in [1.807, 2.05) is 0 Å². The molecule has 144 valence electrons. The molecule has 1 saturated heterocycles. The molecule has 28 heavy (non-hydrogen) atoms. The summed E-state index contributed by atoms with van der Waals surface area (Å²) in [5.41, 5.74) is -0.159. The SMILES string of the molecule is Cl.N#Cc1c(-c2ccncc2)[n+]([O-])c2cc(F)c(N3CCOCC3)cc2[n+]1[O-]. The third kappa shape index (κ3) is 3.13. The number of ether oxygens (including phenoxy) is 1. The highest BCUT2D eigenvalue weighted by Crippen LogP contribution is 2.26. The van der Waals surface area contributed by atoms with Crippen molar-refractivity contribution >= 4 is 29.1 Å². The summed E-state index contributed by atoms with van der Waals surface area (Å²) in [7, 11) is 0. The van der Waals surface area contributed by atoms with Gasteiger partial charge < -0.3 is 20.1 Å². The lowest BCUT2D eigenvalue weighted by atomic mass is 10.1. The predicted octanol–water partition coefficient (Wildman–Crippen LogP) is 1.44. The van der Waals surface area contributed by atoms with Crippen LogP contribution in [0.3, 0.4) is 0 Å². The van der Waals surface area contributed by atoms with Gasteiger partial charge in [-0.05, 0) is 12.1 Å². The van der Waals surface area contributed by atoms with Crippen LogP contribution in [0.1, 0.15) is 5.69 Å². The molecule has 0 atom stereocenters. The first-order valence-electron chi connectivity index (χ1n) is 8.27. The van der Waals surface area contributed by atoms with E-state index in [0.29, 0.717) is 41.3 Å². The highest BCUT2D eigenvalue weighted by molar-refractivity contribution is 5.85. The Morgan fingerprint density at radius 2 is 1.75 bits per heavy atom. The van der Waals surface area contributed by atoms with E-state index < -0.39 is 5.82 Å². The molecule has 0 unspecified atom stereocenters. The number of benzene rings is 1. The number of hydrogen-bond acceptors (Lipinski definition) is 6. The van der Waals surface area contributed by atoms with Crippen LogP contribution >= 0.6 is 12.4 Å². The lowest BCUT2D eigenvalue weighted by Gasteiger charge is -2.28. The summed E-state index contributed by atoms with van der Waals surface area (Å²) < 4.78 is 20.8. The second kappa shape index (κ2) is 7.80. The molecule has 0 spiro atoms. The molecular weight excluding hydrogens is 389 g/mol. The second-order valence-electron chi connectivity index (χ2n) is 6.03. The molecule has 1 aromatic carbocycles. The Labute approximate surface area is 165 Å². The first-order chi connectivity index (χ1) is 13.1. The molecule has 0 amide bonds. The number of aromatic nitrogens is 3. The van der Waals surface area contributed by atoms with Crippen LogP contribution in [0, 0.1) is 27.6 Å². The minimum atomic E-state index is -0.612. The van der Waals surface area contributed by atoms with Crippen molar-refractivity contribution in [3.8, 4) is 17.3 Å². The van der Waals surface area contributed by atoms with E-state index >= 15 is 0 Å². The third-order valence-electron chi connectivity index (χ3n) is 4.52. The Morgan fingerprint density at radius 1 is 1.11 bits per heavy atom. The highest BCUT2D eigenvalue weighted by atomic mass is 35.5. The summed E-state index contributed by atoms with van der Waals surface area (Å²) in [5.74, 6) is -0.612. The van der Waals surface area contributed by atoms with Crippen molar-refractivity contribution in [2.45, 2.75) is 0 Å². The van der Waals surface area contributed by atoms with Crippen molar-refractivity contribution in [1.82, 2.24) is 4.98 Å². The molecule has 8 nitrogen and oxygen atoms in total. The first-order valence-corrected chi connectivity index (χ1v) is 8.27. The highest BCUT2D eigenvalue weighted by Gasteiger charge is 2.31. The minimum absolute atomic E-state index is 0. The fourth-order valence-electron chi connectivity index (χ4n) is 3.21. The van der Waals surface area contributed by atoms with Gasteiger partial charge in [-0.15, -0.1) is 17.1 Å². The van der Waals surface area contributed by atoms with Gasteiger partial charge >= 0.3 is 11.4 Å². The molecule has 0 bridgehead atoms. The van der Waals surface area contributed by atoms with Gasteiger partial charge in [-0.3, -0.25) is 4.98 Å². The molecule has 2 aromatic heterocycles. The Morgan fingerprint density at radius 3 is 2.39 bits per heavy atom. The van der Waals surface area contributed by atoms with Gasteiger partial charge in [0.15, 0.2) is 11.9 Å². The zero-order chi connectivity index (χ0) is 19.0. The van der Waals surface area contributed by atoms with E-state index in [2.05, 4.69) is 4.98 Å². The summed E-state index contributed by atoms with van der Waals surface area (Å²) in [6.07, 6.45) is 2.88. The van der Waals surface area contributed by atoms with E-state index in [-0.39, 0.29) is 40.5 Å². The number of rotatable bonds is 2. The number of nitrogens with zero attached hydrogens (tertiary/aromatic N) is 5. The van der Waals surface area contributed by atoms with E-state index in [0.717, 1.165) is 6.07 Å². The summed E-state index contributed by atoms with van der Waals surface area (Å²) in [4.78, 5) is 5.61. The molecule has 3 aromatic rings. The monoisotopic (exact) mass is 403 g/mol. The van der Waals surface area contributed by atoms with Gasteiger partial charge in [0.05, 0.1) is 30.5 Å². The summed E-state index contributed by atoms with van der Waals surface area (Å²) in [6.45, 7) is 1.83. The lowest BCUT2D eigenvalue weighted by molar-refractivity contribution is -0.622. The Kier molecular flexibility index (Phi) is 5.44. The number of nitriles is 1. The van der Waals surface area contributed by atoms with Crippen LogP contribution in [0.2, 0.25) is 0 Å². The van der Waals surface area contributed by atoms with Crippen molar-refractivity contribution in [1.29, 1.82) is 5.26 Å². The topological polar surface area (TPSA) is 103 Å². The first kappa shape index (κ1) is 19.5. The van der Waals surface area contributed by atoms with Crippen molar-refractivity contribution in [3.05, 3.63) is 58.6 Å². The van der Waals surface area contributed by atoms with Crippen LogP contribution in [-0.2, 0) is 4.74 Å². The third-order valence-corrected chi connectivity index (χ3v) is 4.52. The number of fused-ring (bicyclic) bond motifs is 1. The standard InChI is InChI=1S/C18H14FN5O3.ClH/c19-13-9-15-16(10-14(13)22-5-7-27-8-6-22)23(25)17(11-20)18(24(15)26)12-1-3-21-4-2-12;/h1-4,9-10H,5-8H2;1H. The molecular formula is C18H15ClFN5O3. The van der Waals surface area contributed by atoms with Gasteiger partial charge in [0.25, 0.3) is 11.0 Å². The normalized spacial score (nSPS) is 13.8. The van der Waals surface area contributed by atoms with Crippen molar-refractivity contribution in [2.75, 3.05) is 31.2 Å². The molecule has 0 saturated carbocycles. The fourth-order valence-corrected chi connectivity index (χ4v) is 3.21. The summed E-state index contributed by atoms with van der Waals surface area (Å²) in [5, 5.41) is 35.2. The molecule has 3 heterocycles. The quantitative estimate of drug-likeness (QED) is 0.474. The molecule has 1 aliphatic rings. The number of hydrogen-bond donors (Lipinski definition) is 0. The number of morpholine rings is 1. The molecule has 1 aliphatic heterocycles. The van der Waals surface area contributed by atoms with Crippen LogP contribution in [0.15, 0.2) is 36.7 Å². The van der Waals surface area contributed by atoms with Gasteiger partial charge in [-0.1, -0.05) is 0 Å². The van der Waals surface area contributed by atoms with Crippen LogP contribution in [0.4, 0.5) is 10.1 Å². The van der Waals surface area contributed by atoms with E-state index in [1.165, 1.54) is 30.6 Å². The largest absolute Gasteiger partial charge is 0.617 e. The smallest absolute Gasteiger partial charge is 0.369 e. The van der Waals surface area contributed by atoms with E-state index in [4.69, 9.17) is 4.74 Å². The maximum atomic E-state index is 14.7. The Hall–Kier alpha value is -3.22. The van der Waals surface area contributed by atoms with Crippen molar-refractivity contribution < 1.29 is 18.6 Å². The van der Waals surface area contributed by atoms with Crippen LogP contribution < -0.4 is 14.4 Å². The van der Waals surface area contributed by atoms with Crippen molar-refractivity contribution in [2.24, 2.45) is 0 Å². The van der Waals surface area contributed by atoms with Crippen molar-refractivity contribution in [3.63, 3.8) is 0 Å². The summed E-state index contributed by atoms with van der Waals surface area (Å²) in [6, 6.07) is 7.16. The van der Waals surface area contributed by atoms with Gasteiger partial charge in [-0.25, -0.2) is 4.39 Å². The molecule has 0 aliphatic carbocycles. The van der Waals surface area contributed by atoms with Crippen LogP contribution in [0.25, 0.3) is 22.3 Å². The van der Waals surface area contributed by atoms with E-state index in [1.54, 1.807) is 11.0 Å². The second-order valence-corrected chi connectivity index (χ2v) is 6.03. The van der Waals surface area contributed by atoms with E-state index in [9.17, 15) is 20.1 Å². The Bertz CT molecular complexity index is 1070. The molecule has 1 fully saturated rings. The molecule has 0 N–H and O–H groups in total. The van der Waals surface area contributed by atoms with Crippen LogP contribution in [0.5, 0.6) is 0 Å². The zero-order valence-corrected chi connectivity index (χ0v) is 15.4. The number of anilines is 1. The average molecular weight is 404 g/mol. The maximum Gasteiger partial charge on any atom is 0.369 e. The Balaban J connectivity index is 0.00000225. The lowest BCUT2D eigenvalue weighted by Crippen LogP contribution is -2.44. The maximum absolute atomic E-state index is 14.7. The molecule has 4 rings (SSSR count). The van der Waals surface area contributed by atoms with Crippen LogP contribution in [-0.4, -0.2) is 31.3 Å². The molecule has 0 radical (unpaired) electrons. The van der Waals surface area contributed by atoms with Gasteiger partial charge in [-0.2, -0.15) is 9.99 Å². The van der Waals surface area contributed by atoms with Gasteiger partial charge in [0, 0.05) is 31.5 Å². The predicted molar refractivity (Wildman–Crippen MR) is 100 cm³/mol. The zero-order valence-electron chi connectivity index (χ0n) is 14.5. The number of halogens is 2. The molecule has 10 heteroatoms. The average Bonchev–Trinajstić information content (AvgIpc) is 2.71. The van der Waals surface area contributed by atoms with Gasteiger partial charge in [0.1, 0.15) is 0 Å². The number of pyridine rings is 1.